The second-order valence-corrected chi connectivity index (χ2v) is 7.92. The standard InChI is InChI=1S/C17H18BrNO3S/c1-13(2)12-22-17(14-6-4-3-5-7-14)19-23(20,21)16-10-8-15(18)9-11-16/h3-11,13H,12H2,1-2H3/b19-17+. The van der Waals surface area contributed by atoms with Gasteiger partial charge < -0.3 is 4.74 Å². The molecule has 0 saturated heterocycles. The van der Waals surface area contributed by atoms with E-state index in [2.05, 4.69) is 20.3 Å². The van der Waals surface area contributed by atoms with Gasteiger partial charge in [0.2, 0.25) is 5.90 Å². The first kappa shape index (κ1) is 17.7. The molecular formula is C17H18BrNO3S. The van der Waals surface area contributed by atoms with Crippen molar-refractivity contribution in [1.29, 1.82) is 0 Å². The number of halogens is 1. The highest BCUT2D eigenvalue weighted by Crippen LogP contribution is 2.18. The fraction of sp³-hybridized carbons (Fsp3) is 0.235. The summed E-state index contributed by atoms with van der Waals surface area (Å²) in [6.45, 7) is 4.38. The van der Waals surface area contributed by atoms with Crippen LogP contribution in [0.1, 0.15) is 19.4 Å². The van der Waals surface area contributed by atoms with Gasteiger partial charge in [-0.15, -0.1) is 4.40 Å². The van der Waals surface area contributed by atoms with Gasteiger partial charge >= 0.3 is 0 Å². The SMILES string of the molecule is CC(C)CO/C(=N/S(=O)(=O)c1ccc(Br)cc1)c1ccccc1. The van der Waals surface area contributed by atoms with E-state index in [1.807, 2.05) is 32.0 Å². The molecule has 23 heavy (non-hydrogen) atoms. The zero-order valence-corrected chi connectivity index (χ0v) is 15.3. The zero-order valence-electron chi connectivity index (χ0n) is 12.9. The van der Waals surface area contributed by atoms with Crippen molar-refractivity contribution < 1.29 is 13.2 Å². The minimum atomic E-state index is -3.83. The second kappa shape index (κ2) is 7.75. The van der Waals surface area contributed by atoms with Crippen molar-refractivity contribution in [1.82, 2.24) is 0 Å². The Balaban J connectivity index is 2.40. The molecule has 0 aliphatic rings. The fourth-order valence-corrected chi connectivity index (χ4v) is 2.98. The van der Waals surface area contributed by atoms with Crippen LogP contribution in [0.4, 0.5) is 0 Å². The van der Waals surface area contributed by atoms with Crippen molar-refractivity contribution in [2.75, 3.05) is 6.61 Å². The maximum atomic E-state index is 12.5. The molecule has 0 N–H and O–H groups in total. The van der Waals surface area contributed by atoms with Gasteiger partial charge in [-0.25, -0.2) is 0 Å². The third kappa shape index (κ3) is 5.18. The molecule has 6 heteroatoms. The van der Waals surface area contributed by atoms with Gasteiger partial charge in [0.05, 0.1) is 11.5 Å². The summed E-state index contributed by atoms with van der Waals surface area (Å²) in [4.78, 5) is 0.127. The summed E-state index contributed by atoms with van der Waals surface area (Å²) in [6.07, 6.45) is 0. The first-order valence-corrected chi connectivity index (χ1v) is 9.40. The zero-order chi connectivity index (χ0) is 16.9. The summed E-state index contributed by atoms with van der Waals surface area (Å²) in [7, 11) is -3.83. The highest BCUT2D eigenvalue weighted by atomic mass is 79.9. The van der Waals surface area contributed by atoms with E-state index in [1.165, 1.54) is 12.1 Å². The summed E-state index contributed by atoms with van der Waals surface area (Å²) in [5.41, 5.74) is 0.633. The van der Waals surface area contributed by atoms with Crippen LogP contribution in [0.5, 0.6) is 0 Å². The van der Waals surface area contributed by atoms with Crippen LogP contribution in [0, 0.1) is 5.92 Å². The van der Waals surface area contributed by atoms with E-state index >= 15 is 0 Å². The largest absolute Gasteiger partial charge is 0.476 e. The molecule has 2 aromatic rings. The summed E-state index contributed by atoms with van der Waals surface area (Å²) >= 11 is 3.29. The predicted molar refractivity (Wildman–Crippen MR) is 95.1 cm³/mol. The lowest BCUT2D eigenvalue weighted by molar-refractivity contribution is 0.260. The Morgan fingerprint density at radius 1 is 1.09 bits per heavy atom. The van der Waals surface area contributed by atoms with Crippen LogP contribution in [0.2, 0.25) is 0 Å². The molecule has 122 valence electrons. The molecule has 0 aliphatic heterocycles. The molecule has 2 rings (SSSR count). The van der Waals surface area contributed by atoms with E-state index in [4.69, 9.17) is 4.74 Å². The van der Waals surface area contributed by atoms with Crippen LogP contribution >= 0.6 is 15.9 Å². The van der Waals surface area contributed by atoms with Gasteiger partial charge in [0.15, 0.2) is 0 Å². The Morgan fingerprint density at radius 2 is 1.70 bits per heavy atom. The molecule has 4 nitrogen and oxygen atoms in total. The van der Waals surface area contributed by atoms with Crippen LogP contribution in [-0.2, 0) is 14.8 Å². The Bertz CT molecular complexity index is 769. The fourth-order valence-electron chi connectivity index (χ4n) is 1.76. The lowest BCUT2D eigenvalue weighted by Crippen LogP contribution is -2.14. The van der Waals surface area contributed by atoms with E-state index in [9.17, 15) is 8.42 Å². The number of rotatable bonds is 5. The average molecular weight is 396 g/mol. The Hall–Kier alpha value is -1.66. The minimum Gasteiger partial charge on any atom is -0.476 e. The Kier molecular flexibility index (Phi) is 5.96. The number of hydrogen-bond donors (Lipinski definition) is 0. The van der Waals surface area contributed by atoms with Crippen LogP contribution < -0.4 is 0 Å². The van der Waals surface area contributed by atoms with Gasteiger partial charge in [0.1, 0.15) is 0 Å². The highest BCUT2D eigenvalue weighted by molar-refractivity contribution is 9.10. The minimum absolute atomic E-state index is 0.113. The van der Waals surface area contributed by atoms with Crippen LogP contribution in [0.3, 0.4) is 0 Å². The van der Waals surface area contributed by atoms with E-state index in [0.29, 0.717) is 12.2 Å². The summed E-state index contributed by atoms with van der Waals surface area (Å²) in [5.74, 6) is 0.376. The second-order valence-electron chi connectivity index (χ2n) is 5.40. The normalized spacial score (nSPS) is 12.4. The molecule has 0 spiro atoms. The van der Waals surface area contributed by atoms with Gasteiger partial charge in [-0.1, -0.05) is 48.0 Å². The molecule has 0 bridgehead atoms. The van der Waals surface area contributed by atoms with Crippen molar-refractivity contribution >= 4 is 31.9 Å². The number of nitrogens with zero attached hydrogens (tertiary/aromatic N) is 1. The van der Waals surface area contributed by atoms with E-state index in [0.717, 1.165) is 4.47 Å². The monoisotopic (exact) mass is 395 g/mol. The van der Waals surface area contributed by atoms with Gasteiger partial charge in [-0.2, -0.15) is 8.42 Å². The van der Waals surface area contributed by atoms with Gasteiger partial charge in [0.25, 0.3) is 10.0 Å². The van der Waals surface area contributed by atoms with Crippen molar-refractivity contribution in [2.45, 2.75) is 18.7 Å². The van der Waals surface area contributed by atoms with E-state index in [1.54, 1.807) is 24.3 Å². The number of ether oxygens (including phenoxy) is 1. The third-order valence-electron chi connectivity index (χ3n) is 2.89. The number of hydrogen-bond acceptors (Lipinski definition) is 3. The van der Waals surface area contributed by atoms with Crippen LogP contribution in [0.25, 0.3) is 0 Å². The molecule has 0 saturated carbocycles. The van der Waals surface area contributed by atoms with Crippen molar-refractivity contribution in [3.63, 3.8) is 0 Å². The molecule has 0 heterocycles. The molecule has 0 aliphatic carbocycles. The van der Waals surface area contributed by atoms with E-state index in [-0.39, 0.29) is 16.7 Å². The number of benzene rings is 2. The molecule has 0 amide bonds. The van der Waals surface area contributed by atoms with Crippen molar-refractivity contribution in [2.24, 2.45) is 10.3 Å². The Morgan fingerprint density at radius 3 is 2.26 bits per heavy atom. The lowest BCUT2D eigenvalue weighted by Gasteiger charge is -2.11. The lowest BCUT2D eigenvalue weighted by atomic mass is 10.2. The molecule has 0 aromatic heterocycles. The molecule has 0 atom stereocenters. The quantitative estimate of drug-likeness (QED) is 0.561. The first-order chi connectivity index (χ1) is 10.9. The third-order valence-corrected chi connectivity index (χ3v) is 4.69. The summed E-state index contributed by atoms with van der Waals surface area (Å²) in [5, 5.41) is 0. The van der Waals surface area contributed by atoms with Crippen LogP contribution in [-0.4, -0.2) is 20.9 Å². The maximum Gasteiger partial charge on any atom is 0.285 e. The van der Waals surface area contributed by atoms with Crippen LogP contribution in [0.15, 0.2) is 68.4 Å². The van der Waals surface area contributed by atoms with Crippen molar-refractivity contribution in [3.8, 4) is 0 Å². The van der Waals surface area contributed by atoms with Crippen molar-refractivity contribution in [3.05, 3.63) is 64.6 Å². The summed E-state index contributed by atoms with van der Waals surface area (Å²) in [6, 6.07) is 15.4. The van der Waals surface area contributed by atoms with Gasteiger partial charge in [0, 0.05) is 10.0 Å². The predicted octanol–water partition coefficient (Wildman–Crippen LogP) is 4.26. The first-order valence-electron chi connectivity index (χ1n) is 7.17. The molecule has 2 aromatic carbocycles. The molecule has 0 fully saturated rings. The number of sulfonamides is 1. The molecule has 0 radical (unpaired) electrons. The summed E-state index contributed by atoms with van der Waals surface area (Å²) < 4.78 is 35.3. The maximum absolute atomic E-state index is 12.5. The highest BCUT2D eigenvalue weighted by Gasteiger charge is 2.16. The molecular weight excluding hydrogens is 378 g/mol. The smallest absolute Gasteiger partial charge is 0.285 e. The Labute approximate surface area is 145 Å². The van der Waals surface area contributed by atoms with E-state index < -0.39 is 10.0 Å². The topological polar surface area (TPSA) is 55.7 Å². The van der Waals surface area contributed by atoms with Gasteiger partial charge in [-0.05, 0) is 42.3 Å². The van der Waals surface area contributed by atoms with Gasteiger partial charge in [-0.3, -0.25) is 0 Å². The average Bonchev–Trinajstić information content (AvgIpc) is 2.52. The molecule has 0 unspecified atom stereocenters.